The molecule has 0 aliphatic heterocycles. The maximum atomic E-state index is 6.01. The molecule has 1 fully saturated rings. The van der Waals surface area contributed by atoms with Crippen molar-refractivity contribution in [1.82, 2.24) is 10.1 Å². The van der Waals surface area contributed by atoms with Crippen LogP contribution in [0.25, 0.3) is 0 Å². The Bertz CT molecular complexity index is 329. The quantitative estimate of drug-likeness (QED) is 0.852. The molecular formula is C12H21N3O. The second-order valence-corrected chi connectivity index (χ2v) is 5.21. The molecule has 1 atom stereocenters. The van der Waals surface area contributed by atoms with Gasteiger partial charge in [-0.25, -0.2) is 0 Å². The lowest BCUT2D eigenvalue weighted by Gasteiger charge is -2.08. The fourth-order valence-electron chi connectivity index (χ4n) is 2.36. The van der Waals surface area contributed by atoms with Gasteiger partial charge in [-0.1, -0.05) is 31.8 Å². The van der Waals surface area contributed by atoms with Crippen molar-refractivity contribution < 1.29 is 4.52 Å². The summed E-state index contributed by atoms with van der Waals surface area (Å²) in [5, 5.41) is 4.06. The van der Waals surface area contributed by atoms with Gasteiger partial charge in [0.15, 0.2) is 5.82 Å². The zero-order chi connectivity index (χ0) is 11.5. The topological polar surface area (TPSA) is 64.9 Å². The Morgan fingerprint density at radius 2 is 2.06 bits per heavy atom. The van der Waals surface area contributed by atoms with E-state index in [1.165, 1.54) is 25.7 Å². The Hall–Kier alpha value is -0.900. The molecule has 0 saturated heterocycles. The smallest absolute Gasteiger partial charge is 0.243 e. The van der Waals surface area contributed by atoms with Gasteiger partial charge in [0.2, 0.25) is 5.89 Å². The van der Waals surface area contributed by atoms with Crippen LogP contribution in [0.3, 0.4) is 0 Å². The maximum absolute atomic E-state index is 6.01. The molecule has 1 aliphatic rings. The zero-order valence-corrected chi connectivity index (χ0v) is 10.1. The molecule has 4 nitrogen and oxygen atoms in total. The zero-order valence-electron chi connectivity index (χ0n) is 10.1. The standard InChI is InChI=1S/C12H21N3O/c1-8(2)7-10(13)12-14-11(15-16-12)9-5-3-4-6-9/h8-10H,3-7,13H2,1-2H3/t10-/m1/s1. The summed E-state index contributed by atoms with van der Waals surface area (Å²) in [4.78, 5) is 4.44. The molecular weight excluding hydrogens is 202 g/mol. The second kappa shape index (κ2) is 4.95. The molecule has 0 unspecified atom stereocenters. The summed E-state index contributed by atoms with van der Waals surface area (Å²) in [5.41, 5.74) is 6.01. The monoisotopic (exact) mass is 223 g/mol. The van der Waals surface area contributed by atoms with Crippen LogP contribution >= 0.6 is 0 Å². The molecule has 2 N–H and O–H groups in total. The van der Waals surface area contributed by atoms with E-state index in [0.29, 0.717) is 17.7 Å². The minimum Gasteiger partial charge on any atom is -0.338 e. The summed E-state index contributed by atoms with van der Waals surface area (Å²) in [6, 6.07) is -0.109. The van der Waals surface area contributed by atoms with Crippen LogP contribution in [-0.4, -0.2) is 10.1 Å². The van der Waals surface area contributed by atoms with E-state index >= 15 is 0 Å². The molecule has 0 bridgehead atoms. The van der Waals surface area contributed by atoms with Crippen LogP contribution < -0.4 is 5.73 Å². The normalized spacial score (nSPS) is 19.5. The first-order valence-electron chi connectivity index (χ1n) is 6.26. The number of nitrogens with two attached hydrogens (primary N) is 1. The molecule has 1 aliphatic carbocycles. The van der Waals surface area contributed by atoms with Crippen LogP contribution in [-0.2, 0) is 0 Å². The van der Waals surface area contributed by atoms with E-state index in [2.05, 4.69) is 24.0 Å². The Morgan fingerprint density at radius 3 is 2.69 bits per heavy atom. The molecule has 1 aromatic rings. The van der Waals surface area contributed by atoms with Gasteiger partial charge in [-0.2, -0.15) is 4.98 Å². The highest BCUT2D eigenvalue weighted by Crippen LogP contribution is 2.32. The van der Waals surface area contributed by atoms with Gasteiger partial charge < -0.3 is 10.3 Å². The molecule has 2 rings (SSSR count). The van der Waals surface area contributed by atoms with Crippen molar-refractivity contribution in [2.45, 2.75) is 57.9 Å². The van der Waals surface area contributed by atoms with Crippen LogP contribution in [0.2, 0.25) is 0 Å². The van der Waals surface area contributed by atoms with E-state index in [0.717, 1.165) is 12.2 Å². The summed E-state index contributed by atoms with van der Waals surface area (Å²) < 4.78 is 5.25. The van der Waals surface area contributed by atoms with Crippen LogP contribution in [0.1, 0.15) is 69.6 Å². The minimum absolute atomic E-state index is 0.109. The van der Waals surface area contributed by atoms with Crippen LogP contribution in [0.5, 0.6) is 0 Å². The molecule has 90 valence electrons. The van der Waals surface area contributed by atoms with Crippen molar-refractivity contribution in [3.8, 4) is 0 Å². The Balaban J connectivity index is 2.00. The number of hydrogen-bond donors (Lipinski definition) is 1. The summed E-state index contributed by atoms with van der Waals surface area (Å²) in [5.74, 6) is 2.53. The summed E-state index contributed by atoms with van der Waals surface area (Å²) >= 11 is 0. The fourth-order valence-corrected chi connectivity index (χ4v) is 2.36. The van der Waals surface area contributed by atoms with Crippen molar-refractivity contribution in [3.05, 3.63) is 11.7 Å². The molecule has 0 radical (unpaired) electrons. The first kappa shape index (κ1) is 11.6. The Labute approximate surface area is 96.6 Å². The lowest BCUT2D eigenvalue weighted by Crippen LogP contribution is -2.13. The highest BCUT2D eigenvalue weighted by atomic mass is 16.5. The first-order chi connectivity index (χ1) is 7.66. The lowest BCUT2D eigenvalue weighted by molar-refractivity contribution is 0.331. The van der Waals surface area contributed by atoms with E-state index < -0.39 is 0 Å². The Kier molecular flexibility index (Phi) is 3.59. The largest absolute Gasteiger partial charge is 0.338 e. The summed E-state index contributed by atoms with van der Waals surface area (Å²) in [6.07, 6.45) is 5.85. The van der Waals surface area contributed by atoms with Gasteiger partial charge in [0.25, 0.3) is 0 Å². The summed E-state index contributed by atoms with van der Waals surface area (Å²) in [7, 11) is 0. The number of aromatic nitrogens is 2. The van der Waals surface area contributed by atoms with Gasteiger partial charge in [0.1, 0.15) is 0 Å². The molecule has 4 heteroatoms. The average Bonchev–Trinajstić information content (AvgIpc) is 2.87. The van der Waals surface area contributed by atoms with Crippen LogP contribution in [0.4, 0.5) is 0 Å². The van der Waals surface area contributed by atoms with Crippen molar-refractivity contribution in [2.75, 3.05) is 0 Å². The van der Waals surface area contributed by atoms with E-state index in [4.69, 9.17) is 10.3 Å². The highest BCUT2D eigenvalue weighted by molar-refractivity contribution is 5.00. The van der Waals surface area contributed by atoms with Gasteiger partial charge in [-0.05, 0) is 25.2 Å². The molecule has 1 aromatic heterocycles. The first-order valence-corrected chi connectivity index (χ1v) is 6.26. The van der Waals surface area contributed by atoms with E-state index in [9.17, 15) is 0 Å². The third kappa shape index (κ3) is 2.61. The Morgan fingerprint density at radius 1 is 1.38 bits per heavy atom. The molecule has 16 heavy (non-hydrogen) atoms. The minimum atomic E-state index is -0.109. The average molecular weight is 223 g/mol. The summed E-state index contributed by atoms with van der Waals surface area (Å²) in [6.45, 7) is 4.29. The molecule has 1 heterocycles. The van der Waals surface area contributed by atoms with E-state index in [-0.39, 0.29) is 6.04 Å². The predicted octanol–water partition coefficient (Wildman–Crippen LogP) is 2.77. The second-order valence-electron chi connectivity index (χ2n) is 5.21. The lowest BCUT2D eigenvalue weighted by atomic mass is 10.0. The van der Waals surface area contributed by atoms with E-state index in [1.807, 2.05) is 0 Å². The predicted molar refractivity (Wildman–Crippen MR) is 61.9 cm³/mol. The van der Waals surface area contributed by atoms with Crippen LogP contribution in [0.15, 0.2) is 4.52 Å². The van der Waals surface area contributed by atoms with Crippen molar-refractivity contribution >= 4 is 0 Å². The van der Waals surface area contributed by atoms with Gasteiger partial charge in [-0.15, -0.1) is 0 Å². The fraction of sp³-hybridized carbons (Fsp3) is 0.833. The third-order valence-electron chi connectivity index (χ3n) is 3.22. The number of nitrogens with zero attached hydrogens (tertiary/aromatic N) is 2. The molecule has 1 saturated carbocycles. The highest BCUT2D eigenvalue weighted by Gasteiger charge is 2.24. The molecule has 0 amide bonds. The van der Waals surface area contributed by atoms with Crippen LogP contribution in [0, 0.1) is 5.92 Å². The maximum Gasteiger partial charge on any atom is 0.243 e. The number of hydrogen-bond acceptors (Lipinski definition) is 4. The molecule has 0 spiro atoms. The van der Waals surface area contributed by atoms with Gasteiger partial charge >= 0.3 is 0 Å². The van der Waals surface area contributed by atoms with Crippen molar-refractivity contribution in [2.24, 2.45) is 11.7 Å². The van der Waals surface area contributed by atoms with Crippen molar-refractivity contribution in [1.29, 1.82) is 0 Å². The van der Waals surface area contributed by atoms with E-state index in [1.54, 1.807) is 0 Å². The molecule has 0 aromatic carbocycles. The van der Waals surface area contributed by atoms with Crippen molar-refractivity contribution in [3.63, 3.8) is 0 Å². The van der Waals surface area contributed by atoms with Gasteiger partial charge in [0, 0.05) is 5.92 Å². The number of rotatable bonds is 4. The van der Waals surface area contributed by atoms with Gasteiger partial charge in [-0.3, -0.25) is 0 Å². The van der Waals surface area contributed by atoms with Gasteiger partial charge in [0.05, 0.1) is 6.04 Å². The SMILES string of the molecule is CC(C)C[C@@H](N)c1nc(C2CCCC2)no1. The third-order valence-corrected chi connectivity index (χ3v) is 3.22.